The summed E-state index contributed by atoms with van der Waals surface area (Å²) < 4.78 is 0. The second-order valence-electron chi connectivity index (χ2n) is 5.00. The van der Waals surface area contributed by atoms with Crippen molar-refractivity contribution in [1.29, 1.82) is 0 Å². The molecule has 104 valence electrons. The molecule has 6 N–H and O–H groups in total. The molecule has 0 unspecified atom stereocenters. The Morgan fingerprint density at radius 3 is 2.32 bits per heavy atom. The van der Waals surface area contributed by atoms with Crippen molar-refractivity contribution in [3.05, 3.63) is 35.9 Å². The summed E-state index contributed by atoms with van der Waals surface area (Å²) >= 11 is 0. The molecule has 0 aromatic heterocycles. The van der Waals surface area contributed by atoms with E-state index >= 15 is 0 Å². The van der Waals surface area contributed by atoms with Crippen LogP contribution in [0.15, 0.2) is 30.3 Å². The smallest absolute Gasteiger partial charge is 0.279 e. The first-order valence-corrected chi connectivity index (χ1v) is 6.38. The van der Waals surface area contributed by atoms with Crippen molar-refractivity contribution in [2.24, 2.45) is 11.7 Å². The fraction of sp³-hybridized carbons (Fsp3) is 0.429. The first-order chi connectivity index (χ1) is 8.91. The number of primary amides is 1. The minimum atomic E-state index is -0.696. The van der Waals surface area contributed by atoms with E-state index in [0.717, 1.165) is 5.56 Å². The van der Waals surface area contributed by atoms with Crippen molar-refractivity contribution in [2.75, 3.05) is 0 Å². The molecular formula is C14H22N3O2+. The summed E-state index contributed by atoms with van der Waals surface area (Å²) in [5, 5.41) is 2.67. The molecule has 5 nitrogen and oxygen atoms in total. The predicted octanol–water partition coefficient (Wildman–Crippen LogP) is -0.534. The molecule has 0 aliphatic heterocycles. The van der Waals surface area contributed by atoms with Gasteiger partial charge < -0.3 is 16.8 Å². The number of nitrogens with two attached hydrogens (primary N) is 1. The topological polar surface area (TPSA) is 99.8 Å². The average molecular weight is 264 g/mol. The molecule has 1 rings (SSSR count). The van der Waals surface area contributed by atoms with E-state index in [0.29, 0.717) is 6.42 Å². The SMILES string of the molecule is CC(C)[C@H]([NH3+])C(=O)N[C@@H](Cc1ccccc1)C(N)=O. The standard InChI is InChI=1S/C14H21N3O2/c1-9(2)12(15)14(19)17-11(13(16)18)8-10-6-4-3-5-7-10/h3-7,9,11-12H,8,15H2,1-2H3,(H2,16,18)(H,17,19)/p+1/t11-,12-/m0/s1. The van der Waals surface area contributed by atoms with Crippen LogP contribution in [0.4, 0.5) is 0 Å². The second-order valence-corrected chi connectivity index (χ2v) is 5.00. The molecule has 19 heavy (non-hydrogen) atoms. The molecule has 0 bridgehead atoms. The fourth-order valence-electron chi connectivity index (χ4n) is 1.65. The lowest BCUT2D eigenvalue weighted by atomic mass is 10.0. The number of benzene rings is 1. The van der Waals surface area contributed by atoms with Crippen LogP contribution in [-0.4, -0.2) is 23.9 Å². The number of carbonyl (C=O) groups excluding carboxylic acids is 2. The lowest BCUT2D eigenvalue weighted by Gasteiger charge is -2.18. The summed E-state index contributed by atoms with van der Waals surface area (Å²) in [5.74, 6) is -0.659. The normalized spacial score (nSPS) is 13.9. The van der Waals surface area contributed by atoms with Crippen molar-refractivity contribution in [1.82, 2.24) is 5.32 Å². The van der Waals surface area contributed by atoms with Gasteiger partial charge in [-0.05, 0) is 5.56 Å². The largest absolute Gasteiger partial charge is 0.368 e. The van der Waals surface area contributed by atoms with Crippen LogP contribution in [0.1, 0.15) is 19.4 Å². The summed E-state index contributed by atoms with van der Waals surface area (Å²) in [6, 6.07) is 8.36. The Morgan fingerprint density at radius 2 is 1.84 bits per heavy atom. The highest BCUT2D eigenvalue weighted by Gasteiger charge is 2.26. The van der Waals surface area contributed by atoms with E-state index in [1.54, 1.807) is 0 Å². The van der Waals surface area contributed by atoms with Crippen LogP contribution in [-0.2, 0) is 16.0 Å². The summed E-state index contributed by atoms with van der Waals surface area (Å²) in [5.41, 5.74) is 10.1. The Balaban J connectivity index is 2.69. The minimum Gasteiger partial charge on any atom is -0.368 e. The van der Waals surface area contributed by atoms with Crippen LogP contribution in [0.2, 0.25) is 0 Å². The van der Waals surface area contributed by atoms with E-state index in [1.807, 2.05) is 44.2 Å². The number of nitrogens with one attached hydrogen (secondary N) is 1. The van der Waals surface area contributed by atoms with Crippen LogP contribution >= 0.6 is 0 Å². The van der Waals surface area contributed by atoms with Crippen molar-refractivity contribution >= 4 is 11.8 Å². The molecule has 0 saturated heterocycles. The van der Waals surface area contributed by atoms with E-state index in [4.69, 9.17) is 5.73 Å². The van der Waals surface area contributed by atoms with Gasteiger partial charge >= 0.3 is 0 Å². The monoisotopic (exact) mass is 264 g/mol. The first-order valence-electron chi connectivity index (χ1n) is 6.38. The third-order valence-electron chi connectivity index (χ3n) is 3.08. The van der Waals surface area contributed by atoms with Crippen LogP contribution in [0.5, 0.6) is 0 Å². The third-order valence-corrected chi connectivity index (χ3v) is 3.08. The van der Waals surface area contributed by atoms with Gasteiger partial charge in [0.1, 0.15) is 6.04 Å². The van der Waals surface area contributed by atoms with Gasteiger partial charge in [-0.3, -0.25) is 9.59 Å². The quantitative estimate of drug-likeness (QED) is 0.643. The van der Waals surface area contributed by atoms with Gasteiger partial charge in [0.05, 0.1) is 0 Å². The Morgan fingerprint density at radius 1 is 1.26 bits per heavy atom. The molecule has 1 aromatic rings. The summed E-state index contributed by atoms with van der Waals surface area (Å²) in [4.78, 5) is 23.3. The minimum absolute atomic E-state index is 0.116. The van der Waals surface area contributed by atoms with E-state index in [-0.39, 0.29) is 11.8 Å². The maximum atomic E-state index is 11.9. The lowest BCUT2D eigenvalue weighted by molar-refractivity contribution is -0.414. The number of rotatable bonds is 6. The van der Waals surface area contributed by atoms with Gasteiger partial charge in [-0.1, -0.05) is 44.2 Å². The molecule has 2 atom stereocenters. The van der Waals surface area contributed by atoms with Crippen LogP contribution in [0.25, 0.3) is 0 Å². The number of carbonyl (C=O) groups is 2. The van der Waals surface area contributed by atoms with Crippen molar-refractivity contribution < 1.29 is 15.3 Å². The maximum Gasteiger partial charge on any atom is 0.279 e. The molecule has 5 heteroatoms. The number of hydrogen-bond acceptors (Lipinski definition) is 2. The average Bonchev–Trinajstić information content (AvgIpc) is 2.37. The molecule has 0 heterocycles. The van der Waals surface area contributed by atoms with E-state index in [1.165, 1.54) is 0 Å². The zero-order valence-electron chi connectivity index (χ0n) is 11.4. The molecule has 0 aliphatic carbocycles. The van der Waals surface area contributed by atoms with Gasteiger partial charge in [-0.15, -0.1) is 0 Å². The lowest BCUT2D eigenvalue weighted by Crippen LogP contribution is -2.71. The first kappa shape index (κ1) is 15.2. The van der Waals surface area contributed by atoms with Crippen LogP contribution < -0.4 is 16.8 Å². The van der Waals surface area contributed by atoms with Crippen LogP contribution in [0.3, 0.4) is 0 Å². The van der Waals surface area contributed by atoms with Crippen molar-refractivity contribution in [2.45, 2.75) is 32.4 Å². The second kappa shape index (κ2) is 6.89. The van der Waals surface area contributed by atoms with Crippen LogP contribution in [0, 0.1) is 5.92 Å². The van der Waals surface area contributed by atoms with E-state index < -0.39 is 18.0 Å². The van der Waals surface area contributed by atoms with Crippen molar-refractivity contribution in [3.63, 3.8) is 0 Å². The predicted molar refractivity (Wildman–Crippen MR) is 72.8 cm³/mol. The highest BCUT2D eigenvalue weighted by molar-refractivity contribution is 5.88. The zero-order valence-corrected chi connectivity index (χ0v) is 11.4. The summed E-state index contributed by atoms with van der Waals surface area (Å²) in [6.45, 7) is 3.82. The Hall–Kier alpha value is -1.88. The highest BCUT2D eigenvalue weighted by Crippen LogP contribution is 2.04. The summed E-state index contributed by atoms with van der Waals surface area (Å²) in [7, 11) is 0. The Kier molecular flexibility index (Phi) is 5.51. The van der Waals surface area contributed by atoms with Gasteiger partial charge in [0, 0.05) is 12.3 Å². The van der Waals surface area contributed by atoms with Gasteiger partial charge in [-0.2, -0.15) is 0 Å². The molecule has 1 aromatic carbocycles. The molecule has 2 amide bonds. The Bertz CT molecular complexity index is 432. The molecule has 0 radical (unpaired) electrons. The molecular weight excluding hydrogens is 242 g/mol. The van der Waals surface area contributed by atoms with E-state index in [2.05, 4.69) is 11.1 Å². The summed E-state index contributed by atoms with van der Waals surface area (Å²) in [6.07, 6.45) is 0.396. The molecule has 0 saturated carbocycles. The third kappa shape index (κ3) is 4.71. The van der Waals surface area contributed by atoms with Gasteiger partial charge in [0.2, 0.25) is 5.91 Å². The number of quaternary nitrogens is 1. The number of amides is 2. The zero-order chi connectivity index (χ0) is 14.4. The van der Waals surface area contributed by atoms with Crippen molar-refractivity contribution in [3.8, 4) is 0 Å². The maximum absolute atomic E-state index is 11.9. The molecule has 0 spiro atoms. The number of hydrogen-bond donors (Lipinski definition) is 3. The van der Waals surface area contributed by atoms with Gasteiger partial charge in [-0.25, -0.2) is 0 Å². The highest BCUT2D eigenvalue weighted by atomic mass is 16.2. The van der Waals surface area contributed by atoms with Gasteiger partial charge in [0.15, 0.2) is 6.04 Å². The molecule has 0 fully saturated rings. The van der Waals surface area contributed by atoms with Gasteiger partial charge in [0.25, 0.3) is 5.91 Å². The molecule has 0 aliphatic rings. The fourth-order valence-corrected chi connectivity index (χ4v) is 1.65. The Labute approximate surface area is 113 Å². The van der Waals surface area contributed by atoms with E-state index in [9.17, 15) is 9.59 Å².